The van der Waals surface area contributed by atoms with Gasteiger partial charge in [0.25, 0.3) is 5.69 Å². The van der Waals surface area contributed by atoms with Crippen molar-refractivity contribution in [3.8, 4) is 11.5 Å². The summed E-state index contributed by atoms with van der Waals surface area (Å²) < 4.78 is 17.0. The second-order valence-corrected chi connectivity index (χ2v) is 9.97. The number of benzene rings is 2. The predicted octanol–water partition coefficient (Wildman–Crippen LogP) is 5.24. The van der Waals surface area contributed by atoms with Crippen LogP contribution in [0, 0.1) is 10.1 Å². The van der Waals surface area contributed by atoms with Gasteiger partial charge in [-0.15, -0.1) is 0 Å². The first-order valence-corrected chi connectivity index (χ1v) is 13.3. The Kier molecular flexibility index (Phi) is 7.79. The molecule has 0 unspecified atom stereocenters. The lowest BCUT2D eigenvalue weighted by Gasteiger charge is -2.44. The Hall–Kier alpha value is -3.98. The summed E-state index contributed by atoms with van der Waals surface area (Å²) >= 11 is 0. The van der Waals surface area contributed by atoms with Crippen LogP contribution < -0.4 is 9.47 Å². The number of nitro benzene ring substituents is 1. The van der Waals surface area contributed by atoms with Gasteiger partial charge in [0.15, 0.2) is 23.1 Å². The average molecular weight is 533 g/mol. The first-order valence-electron chi connectivity index (χ1n) is 13.3. The van der Waals surface area contributed by atoms with E-state index in [1.165, 1.54) is 12.1 Å². The number of nitrogens with zero attached hydrogens (tertiary/aromatic N) is 2. The van der Waals surface area contributed by atoms with Crippen LogP contribution in [0.2, 0.25) is 0 Å². The van der Waals surface area contributed by atoms with Gasteiger partial charge in [-0.2, -0.15) is 0 Å². The van der Waals surface area contributed by atoms with Crippen molar-refractivity contribution < 1.29 is 28.7 Å². The van der Waals surface area contributed by atoms with Gasteiger partial charge >= 0.3 is 0 Å². The highest BCUT2D eigenvalue weighted by Gasteiger charge is 2.43. The van der Waals surface area contributed by atoms with Crippen LogP contribution in [-0.4, -0.2) is 48.8 Å². The Morgan fingerprint density at radius 1 is 0.897 bits per heavy atom. The number of methoxy groups -OCH3 is 2. The number of rotatable bonds is 9. The first-order chi connectivity index (χ1) is 18.9. The number of ether oxygens (including phenoxy) is 3. The van der Waals surface area contributed by atoms with Crippen molar-refractivity contribution in [3.63, 3.8) is 0 Å². The van der Waals surface area contributed by atoms with E-state index in [1.54, 1.807) is 32.4 Å². The van der Waals surface area contributed by atoms with Crippen LogP contribution in [0.25, 0.3) is 0 Å². The molecule has 0 spiro atoms. The molecule has 5 rings (SSSR count). The van der Waals surface area contributed by atoms with Gasteiger partial charge in [0, 0.05) is 67.1 Å². The monoisotopic (exact) mass is 532 g/mol. The highest BCUT2D eigenvalue weighted by Crippen LogP contribution is 2.50. The van der Waals surface area contributed by atoms with Crippen molar-refractivity contribution in [2.24, 2.45) is 0 Å². The molecule has 1 aliphatic heterocycles. The van der Waals surface area contributed by atoms with Crippen molar-refractivity contribution in [2.75, 3.05) is 27.4 Å². The van der Waals surface area contributed by atoms with Crippen molar-refractivity contribution in [1.82, 2.24) is 4.90 Å². The second kappa shape index (κ2) is 11.4. The summed E-state index contributed by atoms with van der Waals surface area (Å²) in [4.78, 5) is 39.5. The molecule has 0 saturated carbocycles. The van der Waals surface area contributed by atoms with Crippen LogP contribution in [-0.2, 0) is 20.9 Å². The van der Waals surface area contributed by atoms with Gasteiger partial charge in [0.2, 0.25) is 0 Å². The van der Waals surface area contributed by atoms with Crippen LogP contribution >= 0.6 is 0 Å². The third kappa shape index (κ3) is 5.18. The third-order valence-corrected chi connectivity index (χ3v) is 7.67. The number of hydrogen-bond donors (Lipinski definition) is 0. The molecule has 1 heterocycles. The first kappa shape index (κ1) is 26.6. The summed E-state index contributed by atoms with van der Waals surface area (Å²) in [5.41, 5.74) is 5.08. The van der Waals surface area contributed by atoms with Gasteiger partial charge < -0.3 is 19.1 Å². The number of carbonyl (C=O) groups is 2. The summed E-state index contributed by atoms with van der Waals surface area (Å²) in [6, 6.07) is 11.8. The fraction of sp³-hybridized carbons (Fsp3) is 0.400. The van der Waals surface area contributed by atoms with Crippen LogP contribution in [0.3, 0.4) is 0 Å². The largest absolute Gasteiger partial charge is 0.493 e. The molecule has 0 bridgehead atoms. The van der Waals surface area contributed by atoms with E-state index in [0.717, 1.165) is 48.2 Å². The summed E-state index contributed by atoms with van der Waals surface area (Å²) in [6.45, 7) is 1.32. The number of hydrogen-bond acceptors (Lipinski definition) is 8. The summed E-state index contributed by atoms with van der Waals surface area (Å²) in [5, 5.41) is 10.9. The molecule has 0 N–H and O–H groups in total. The topological polar surface area (TPSA) is 108 Å². The van der Waals surface area contributed by atoms with E-state index >= 15 is 0 Å². The molecule has 0 aromatic heterocycles. The van der Waals surface area contributed by atoms with E-state index in [1.807, 2.05) is 12.1 Å². The number of carbonyl (C=O) groups excluding carboxylic acids is 2. The Labute approximate surface area is 227 Å². The molecule has 0 amide bonds. The molecule has 9 nitrogen and oxygen atoms in total. The van der Waals surface area contributed by atoms with Crippen molar-refractivity contribution in [1.29, 1.82) is 0 Å². The molecule has 2 aliphatic carbocycles. The van der Waals surface area contributed by atoms with Gasteiger partial charge in [-0.3, -0.25) is 19.7 Å². The maximum absolute atomic E-state index is 13.4. The van der Waals surface area contributed by atoms with Crippen molar-refractivity contribution in [3.05, 3.63) is 86.2 Å². The number of Topliss-reactive ketones (excluding diaryl/α,β-unsaturated/α-hetero) is 2. The predicted molar refractivity (Wildman–Crippen MR) is 144 cm³/mol. The quantitative estimate of drug-likeness (QED) is 0.319. The Balaban J connectivity index is 1.50. The van der Waals surface area contributed by atoms with E-state index in [-0.39, 0.29) is 23.9 Å². The van der Waals surface area contributed by atoms with Crippen LogP contribution in [0.4, 0.5) is 5.69 Å². The van der Waals surface area contributed by atoms with Gasteiger partial charge in [0.05, 0.1) is 18.6 Å². The number of allylic oxidation sites excluding steroid dienone is 4. The average Bonchev–Trinajstić information content (AvgIpc) is 2.95. The van der Waals surface area contributed by atoms with E-state index in [4.69, 9.17) is 14.2 Å². The van der Waals surface area contributed by atoms with Gasteiger partial charge in [0.1, 0.15) is 6.61 Å². The Bertz CT molecular complexity index is 1320. The minimum absolute atomic E-state index is 0.0193. The molecule has 39 heavy (non-hydrogen) atoms. The van der Waals surface area contributed by atoms with E-state index < -0.39 is 10.8 Å². The SMILES string of the molecule is COCCN1C2=C(C(=O)CCC2)C(c2ccc(OCc3ccc([N+](=O)[O-])cc3)c(OC)c2)C2=C1CCCC2=O. The smallest absolute Gasteiger partial charge is 0.269 e. The molecule has 0 atom stereocenters. The lowest BCUT2D eigenvalue weighted by Crippen LogP contribution is -2.40. The standard InChI is InChI=1S/C30H32N2O7/c1-37-16-15-31-22-5-3-7-24(33)29(22)28(30-23(31)6-4-8-25(30)34)20-11-14-26(27(17-20)38-2)39-18-19-9-12-21(13-10-19)32(35)36/h9-14,17,28H,3-8,15-16,18H2,1-2H3. The third-order valence-electron chi connectivity index (χ3n) is 7.67. The highest BCUT2D eigenvalue weighted by molar-refractivity contribution is 6.06. The Morgan fingerprint density at radius 3 is 2.10 bits per heavy atom. The maximum atomic E-state index is 13.4. The lowest BCUT2D eigenvalue weighted by atomic mass is 9.71. The number of ketones is 2. The number of nitro groups is 1. The lowest BCUT2D eigenvalue weighted by molar-refractivity contribution is -0.384. The zero-order valence-electron chi connectivity index (χ0n) is 22.2. The minimum Gasteiger partial charge on any atom is -0.493 e. The van der Waals surface area contributed by atoms with Gasteiger partial charge in [-0.1, -0.05) is 6.07 Å². The summed E-state index contributed by atoms with van der Waals surface area (Å²) in [7, 11) is 3.21. The Morgan fingerprint density at radius 2 is 1.54 bits per heavy atom. The van der Waals surface area contributed by atoms with Gasteiger partial charge in [-0.25, -0.2) is 0 Å². The fourth-order valence-corrected chi connectivity index (χ4v) is 5.86. The molecule has 0 fully saturated rings. The van der Waals surface area contributed by atoms with Gasteiger partial charge in [-0.05, 0) is 61.1 Å². The van der Waals surface area contributed by atoms with Crippen molar-refractivity contribution in [2.45, 2.75) is 51.0 Å². The fourth-order valence-electron chi connectivity index (χ4n) is 5.86. The van der Waals surface area contributed by atoms with E-state index in [0.29, 0.717) is 48.6 Å². The normalized spacial score (nSPS) is 17.7. The minimum atomic E-state index is -0.440. The summed E-state index contributed by atoms with van der Waals surface area (Å²) in [6.07, 6.45) is 4.11. The second-order valence-electron chi connectivity index (χ2n) is 9.97. The van der Waals surface area contributed by atoms with Crippen LogP contribution in [0.5, 0.6) is 11.5 Å². The molecular formula is C30H32N2O7. The summed E-state index contributed by atoms with van der Waals surface area (Å²) in [5.74, 6) is 0.738. The highest BCUT2D eigenvalue weighted by atomic mass is 16.6. The molecule has 2 aromatic rings. The van der Waals surface area contributed by atoms with E-state index in [9.17, 15) is 19.7 Å². The molecule has 0 saturated heterocycles. The molecule has 204 valence electrons. The van der Waals surface area contributed by atoms with E-state index in [2.05, 4.69) is 4.90 Å². The van der Waals surface area contributed by atoms with Crippen LogP contribution in [0.15, 0.2) is 65.0 Å². The molecule has 0 radical (unpaired) electrons. The van der Waals surface area contributed by atoms with Crippen molar-refractivity contribution >= 4 is 17.3 Å². The number of non-ortho nitro benzene ring substituents is 1. The molecule has 2 aromatic carbocycles. The van der Waals surface area contributed by atoms with Crippen LogP contribution in [0.1, 0.15) is 55.6 Å². The zero-order chi connectivity index (χ0) is 27.5. The molecule has 9 heteroatoms. The molecular weight excluding hydrogens is 500 g/mol. The molecule has 3 aliphatic rings. The zero-order valence-corrected chi connectivity index (χ0v) is 22.2. The maximum Gasteiger partial charge on any atom is 0.269 e.